The summed E-state index contributed by atoms with van der Waals surface area (Å²) in [6.07, 6.45) is 6.26. The van der Waals surface area contributed by atoms with Gasteiger partial charge in [-0.25, -0.2) is 0 Å². The molecule has 4 nitrogen and oxygen atoms in total. The van der Waals surface area contributed by atoms with Crippen molar-refractivity contribution in [2.45, 2.75) is 39.3 Å². The monoisotopic (exact) mass is 355 g/mol. The van der Waals surface area contributed by atoms with Gasteiger partial charge in [0.1, 0.15) is 0 Å². The molecule has 1 N–H and O–H groups in total. The van der Waals surface area contributed by atoms with Crippen LogP contribution in [0.5, 0.6) is 0 Å². The third-order valence-electron chi connectivity index (χ3n) is 6.41. The van der Waals surface area contributed by atoms with E-state index in [0.29, 0.717) is 18.4 Å². The molecule has 0 aliphatic carbocycles. The summed E-state index contributed by atoms with van der Waals surface area (Å²) >= 11 is 0. The number of aliphatic hydroxyl groups excluding tert-OH is 1. The Morgan fingerprint density at radius 1 is 1.00 bits per heavy atom. The summed E-state index contributed by atoms with van der Waals surface area (Å²) < 4.78 is 2.32. The number of hydrogen-bond donors (Lipinski definition) is 1. The molecule has 2 fully saturated rings. The van der Waals surface area contributed by atoms with Crippen LogP contribution in [0.4, 0.5) is 0 Å². The SMILES string of the molecule is CCn1ccc2ccc(CN3C[C@@H](CN4CCCCC4)[C@@H](CO)C3)cc21. The van der Waals surface area contributed by atoms with Crippen molar-refractivity contribution in [1.29, 1.82) is 0 Å². The van der Waals surface area contributed by atoms with Crippen LogP contribution in [0.25, 0.3) is 10.9 Å². The number of hydrogen-bond acceptors (Lipinski definition) is 3. The predicted octanol–water partition coefficient (Wildman–Crippen LogP) is 3.19. The van der Waals surface area contributed by atoms with Crippen molar-refractivity contribution in [3.05, 3.63) is 36.0 Å². The molecule has 4 heteroatoms. The van der Waals surface area contributed by atoms with Crippen LogP contribution in [-0.2, 0) is 13.1 Å². The highest BCUT2D eigenvalue weighted by Crippen LogP contribution is 2.27. The molecule has 0 amide bonds. The number of rotatable bonds is 6. The fourth-order valence-corrected chi connectivity index (χ4v) is 4.91. The van der Waals surface area contributed by atoms with Crippen molar-refractivity contribution in [1.82, 2.24) is 14.4 Å². The number of nitrogens with zero attached hydrogens (tertiary/aromatic N) is 3. The van der Waals surface area contributed by atoms with Gasteiger partial charge in [-0.05, 0) is 67.8 Å². The van der Waals surface area contributed by atoms with Crippen LogP contribution in [0.2, 0.25) is 0 Å². The molecule has 0 spiro atoms. The second-order valence-electron chi connectivity index (χ2n) is 8.25. The van der Waals surface area contributed by atoms with E-state index in [2.05, 4.69) is 51.8 Å². The first-order valence-corrected chi connectivity index (χ1v) is 10.4. The Hall–Kier alpha value is -1.36. The van der Waals surface area contributed by atoms with Gasteiger partial charge in [0, 0.05) is 51.0 Å². The zero-order chi connectivity index (χ0) is 17.9. The second kappa shape index (κ2) is 8.12. The van der Waals surface area contributed by atoms with Gasteiger partial charge < -0.3 is 14.6 Å². The molecule has 2 aliphatic heterocycles. The summed E-state index contributed by atoms with van der Waals surface area (Å²) in [6, 6.07) is 9.08. The van der Waals surface area contributed by atoms with Crippen molar-refractivity contribution in [3.8, 4) is 0 Å². The summed E-state index contributed by atoms with van der Waals surface area (Å²) in [6.45, 7) is 10.4. The molecule has 0 bridgehead atoms. The van der Waals surface area contributed by atoms with Gasteiger partial charge in [0.15, 0.2) is 0 Å². The van der Waals surface area contributed by atoms with Gasteiger partial charge in [-0.3, -0.25) is 4.90 Å². The summed E-state index contributed by atoms with van der Waals surface area (Å²) in [5.41, 5.74) is 2.73. The Labute approximate surface area is 157 Å². The van der Waals surface area contributed by atoms with Gasteiger partial charge in [0.05, 0.1) is 0 Å². The van der Waals surface area contributed by atoms with E-state index in [1.165, 1.54) is 55.4 Å². The molecule has 0 unspecified atom stereocenters. The first-order valence-electron chi connectivity index (χ1n) is 10.4. The topological polar surface area (TPSA) is 31.6 Å². The number of aromatic nitrogens is 1. The molecule has 2 aliphatic rings. The van der Waals surface area contributed by atoms with Crippen molar-refractivity contribution in [2.24, 2.45) is 11.8 Å². The maximum absolute atomic E-state index is 9.88. The largest absolute Gasteiger partial charge is 0.396 e. The van der Waals surface area contributed by atoms with Gasteiger partial charge in [-0.1, -0.05) is 18.6 Å². The lowest BCUT2D eigenvalue weighted by Crippen LogP contribution is -2.37. The smallest absolute Gasteiger partial charge is 0.0483 e. The van der Waals surface area contributed by atoms with E-state index in [4.69, 9.17) is 0 Å². The van der Waals surface area contributed by atoms with E-state index >= 15 is 0 Å². The Bertz CT molecular complexity index is 719. The highest BCUT2D eigenvalue weighted by molar-refractivity contribution is 5.80. The van der Waals surface area contributed by atoms with Crippen LogP contribution in [0, 0.1) is 11.8 Å². The lowest BCUT2D eigenvalue weighted by molar-refractivity contribution is 0.149. The van der Waals surface area contributed by atoms with Crippen LogP contribution in [0.1, 0.15) is 31.7 Å². The van der Waals surface area contributed by atoms with Crippen LogP contribution in [0.15, 0.2) is 30.5 Å². The molecule has 3 heterocycles. The van der Waals surface area contributed by atoms with Crippen LogP contribution in [-0.4, -0.2) is 58.8 Å². The van der Waals surface area contributed by atoms with Crippen molar-refractivity contribution < 1.29 is 5.11 Å². The molecule has 4 rings (SSSR count). The van der Waals surface area contributed by atoms with Gasteiger partial charge in [0.2, 0.25) is 0 Å². The predicted molar refractivity (Wildman–Crippen MR) is 107 cm³/mol. The second-order valence-corrected chi connectivity index (χ2v) is 8.25. The number of piperidine rings is 1. The average molecular weight is 356 g/mol. The van der Waals surface area contributed by atoms with E-state index in [1.807, 2.05) is 0 Å². The van der Waals surface area contributed by atoms with Gasteiger partial charge in [0.25, 0.3) is 0 Å². The van der Waals surface area contributed by atoms with E-state index in [-0.39, 0.29) is 0 Å². The highest BCUT2D eigenvalue weighted by Gasteiger charge is 2.33. The lowest BCUT2D eigenvalue weighted by Gasteiger charge is -2.30. The maximum atomic E-state index is 9.88. The fraction of sp³-hybridized carbons (Fsp3) is 0.636. The Kier molecular flexibility index (Phi) is 5.63. The van der Waals surface area contributed by atoms with Crippen molar-refractivity contribution in [2.75, 3.05) is 39.3 Å². The minimum atomic E-state index is 0.326. The number of benzene rings is 1. The molecule has 2 aromatic rings. The van der Waals surface area contributed by atoms with Crippen molar-refractivity contribution >= 4 is 10.9 Å². The molecule has 2 saturated heterocycles. The first-order chi connectivity index (χ1) is 12.8. The summed E-state index contributed by atoms with van der Waals surface area (Å²) in [7, 11) is 0. The molecular formula is C22H33N3O. The number of likely N-dealkylation sites (tertiary alicyclic amines) is 2. The van der Waals surface area contributed by atoms with Crippen LogP contribution >= 0.6 is 0 Å². The Morgan fingerprint density at radius 3 is 2.58 bits per heavy atom. The molecule has 1 aromatic heterocycles. The molecule has 142 valence electrons. The van der Waals surface area contributed by atoms with Gasteiger partial charge in [-0.2, -0.15) is 0 Å². The fourth-order valence-electron chi connectivity index (χ4n) is 4.91. The quantitative estimate of drug-likeness (QED) is 0.864. The zero-order valence-electron chi connectivity index (χ0n) is 16.1. The number of fused-ring (bicyclic) bond motifs is 1. The van der Waals surface area contributed by atoms with E-state index in [9.17, 15) is 5.11 Å². The van der Waals surface area contributed by atoms with E-state index in [1.54, 1.807) is 0 Å². The van der Waals surface area contributed by atoms with Crippen molar-refractivity contribution in [3.63, 3.8) is 0 Å². The molecule has 26 heavy (non-hydrogen) atoms. The normalized spacial score (nSPS) is 25.3. The van der Waals surface area contributed by atoms with Crippen LogP contribution in [0.3, 0.4) is 0 Å². The van der Waals surface area contributed by atoms with Gasteiger partial charge >= 0.3 is 0 Å². The molecule has 0 saturated carbocycles. The average Bonchev–Trinajstić information content (AvgIpc) is 3.25. The standard InChI is InChI=1S/C22H33N3O/c1-2-25-11-8-19-7-6-18(12-22(19)25)13-24-15-20(21(16-24)17-26)14-23-9-4-3-5-10-23/h6-8,11-12,20-21,26H,2-5,9-10,13-17H2,1H3/t20-,21-/m1/s1. The lowest BCUT2D eigenvalue weighted by atomic mass is 9.95. The summed E-state index contributed by atoms with van der Waals surface area (Å²) in [4.78, 5) is 5.18. The molecule has 0 radical (unpaired) electrons. The molecule has 2 atom stereocenters. The summed E-state index contributed by atoms with van der Waals surface area (Å²) in [5, 5.41) is 11.2. The third-order valence-corrected chi connectivity index (χ3v) is 6.41. The first kappa shape index (κ1) is 18.0. The minimum absolute atomic E-state index is 0.326. The Balaban J connectivity index is 1.41. The van der Waals surface area contributed by atoms with Gasteiger partial charge in [-0.15, -0.1) is 0 Å². The summed E-state index contributed by atoms with van der Waals surface area (Å²) in [5.74, 6) is 1.04. The molecular weight excluding hydrogens is 322 g/mol. The zero-order valence-corrected chi connectivity index (χ0v) is 16.1. The Morgan fingerprint density at radius 2 is 1.81 bits per heavy atom. The number of aliphatic hydroxyl groups is 1. The number of aryl methyl sites for hydroxylation is 1. The maximum Gasteiger partial charge on any atom is 0.0483 e. The highest BCUT2D eigenvalue weighted by atomic mass is 16.3. The van der Waals surface area contributed by atoms with E-state index in [0.717, 1.165) is 26.2 Å². The van der Waals surface area contributed by atoms with Crippen LogP contribution < -0.4 is 0 Å². The van der Waals surface area contributed by atoms with E-state index < -0.39 is 0 Å². The molecule has 1 aromatic carbocycles. The third kappa shape index (κ3) is 3.83. The minimum Gasteiger partial charge on any atom is -0.396 e.